The molecular weight excluding hydrogens is 278 g/mol. The zero-order valence-corrected chi connectivity index (χ0v) is 13.4. The summed E-state index contributed by atoms with van der Waals surface area (Å²) in [4.78, 5) is 13.8. The van der Waals surface area contributed by atoms with E-state index in [1.54, 1.807) is 0 Å². The number of piperidine rings is 1. The van der Waals surface area contributed by atoms with Crippen molar-refractivity contribution in [3.8, 4) is 0 Å². The Kier molecular flexibility index (Phi) is 7.47. The molecule has 0 aromatic carbocycles. The lowest BCUT2D eigenvalue weighted by Crippen LogP contribution is -2.41. The maximum Gasteiger partial charge on any atom is 0.236 e. The Bertz CT molecular complexity index is 392. The molecule has 0 aromatic rings. The Morgan fingerprint density at radius 3 is 2.45 bits per heavy atom. The molecule has 0 aliphatic carbocycles. The minimum Gasteiger partial charge on any atom is -0.342 e. The van der Waals surface area contributed by atoms with E-state index in [9.17, 15) is 13.2 Å². The molecule has 1 aliphatic rings. The number of nitrogens with one attached hydrogen (secondary N) is 1. The fraction of sp³-hybridized carbons (Fsp3) is 0.923. The number of rotatable bonds is 8. The second-order valence-corrected chi connectivity index (χ2v) is 7.21. The van der Waals surface area contributed by atoms with E-state index in [1.807, 2.05) is 11.8 Å². The molecule has 1 rings (SSSR count). The summed E-state index contributed by atoms with van der Waals surface area (Å²) in [6, 6.07) is 0. The lowest BCUT2D eigenvalue weighted by Gasteiger charge is -2.26. The van der Waals surface area contributed by atoms with Gasteiger partial charge in [-0.25, -0.2) is 12.7 Å². The van der Waals surface area contributed by atoms with Crippen molar-refractivity contribution in [1.82, 2.24) is 14.5 Å². The number of carbonyl (C=O) groups is 1. The number of amides is 1. The number of carbonyl (C=O) groups excluding carboxylic acids is 1. The van der Waals surface area contributed by atoms with Crippen LogP contribution in [0.25, 0.3) is 0 Å². The quantitative estimate of drug-likeness (QED) is 0.653. The van der Waals surface area contributed by atoms with E-state index in [0.29, 0.717) is 32.6 Å². The van der Waals surface area contributed by atoms with Gasteiger partial charge >= 0.3 is 0 Å². The van der Waals surface area contributed by atoms with Gasteiger partial charge < -0.3 is 10.2 Å². The molecule has 0 unspecified atom stereocenters. The minimum atomic E-state index is -3.11. The third-order valence-corrected chi connectivity index (χ3v) is 4.95. The van der Waals surface area contributed by atoms with Gasteiger partial charge in [0, 0.05) is 26.2 Å². The van der Waals surface area contributed by atoms with Crippen LogP contribution in [0.4, 0.5) is 0 Å². The monoisotopic (exact) mass is 305 g/mol. The van der Waals surface area contributed by atoms with Crippen molar-refractivity contribution in [3.05, 3.63) is 0 Å². The molecule has 20 heavy (non-hydrogen) atoms. The Hall–Kier alpha value is -0.660. The van der Waals surface area contributed by atoms with Gasteiger partial charge in [0.25, 0.3) is 0 Å². The highest BCUT2D eigenvalue weighted by Crippen LogP contribution is 2.08. The number of nitrogens with zero attached hydrogens (tertiary/aromatic N) is 2. The minimum absolute atomic E-state index is 0.153. The summed E-state index contributed by atoms with van der Waals surface area (Å²) in [6.07, 6.45) is 5.37. The average molecular weight is 305 g/mol. The SMILES string of the molecule is CCN(CCCNCC(=O)N1CCCCC1)S(C)(=O)=O. The molecule has 118 valence electrons. The molecular formula is C13H27N3O3S. The fourth-order valence-corrected chi connectivity index (χ4v) is 3.32. The summed E-state index contributed by atoms with van der Waals surface area (Å²) in [5.41, 5.74) is 0. The van der Waals surface area contributed by atoms with Crippen LogP contribution >= 0.6 is 0 Å². The van der Waals surface area contributed by atoms with Gasteiger partial charge in [-0.1, -0.05) is 6.92 Å². The summed E-state index contributed by atoms with van der Waals surface area (Å²) in [6.45, 7) is 5.58. The van der Waals surface area contributed by atoms with Crippen LogP contribution in [0.2, 0.25) is 0 Å². The Balaban J connectivity index is 2.13. The molecule has 1 amide bonds. The van der Waals surface area contributed by atoms with Crippen molar-refractivity contribution in [2.24, 2.45) is 0 Å². The molecule has 1 aliphatic heterocycles. The molecule has 0 saturated carbocycles. The Labute approximate surface area is 122 Å². The second-order valence-electron chi connectivity index (χ2n) is 5.23. The average Bonchev–Trinajstić information content (AvgIpc) is 2.42. The van der Waals surface area contributed by atoms with E-state index >= 15 is 0 Å². The van der Waals surface area contributed by atoms with Crippen LogP contribution < -0.4 is 5.32 Å². The Morgan fingerprint density at radius 2 is 1.90 bits per heavy atom. The van der Waals surface area contributed by atoms with E-state index in [2.05, 4.69) is 5.32 Å². The largest absolute Gasteiger partial charge is 0.342 e. The molecule has 1 heterocycles. The topological polar surface area (TPSA) is 69.7 Å². The third-order valence-electron chi connectivity index (χ3n) is 3.57. The molecule has 0 bridgehead atoms. The molecule has 1 saturated heterocycles. The molecule has 0 radical (unpaired) electrons. The highest BCUT2D eigenvalue weighted by molar-refractivity contribution is 7.88. The normalized spacial score (nSPS) is 16.6. The fourth-order valence-electron chi connectivity index (χ4n) is 2.39. The van der Waals surface area contributed by atoms with Crippen molar-refractivity contribution in [2.45, 2.75) is 32.6 Å². The summed E-state index contributed by atoms with van der Waals surface area (Å²) in [5.74, 6) is 0.153. The predicted octanol–water partition coefficient (Wildman–Crippen LogP) is 0.260. The van der Waals surface area contributed by atoms with Crippen LogP contribution in [0.1, 0.15) is 32.6 Å². The van der Waals surface area contributed by atoms with Crippen LogP contribution in [0.15, 0.2) is 0 Å². The third kappa shape index (κ3) is 6.19. The smallest absolute Gasteiger partial charge is 0.236 e. The van der Waals surface area contributed by atoms with Gasteiger partial charge in [-0.2, -0.15) is 0 Å². The first-order valence-electron chi connectivity index (χ1n) is 7.38. The summed E-state index contributed by atoms with van der Waals surface area (Å²) in [7, 11) is -3.11. The Morgan fingerprint density at radius 1 is 1.25 bits per heavy atom. The maximum atomic E-state index is 11.9. The number of likely N-dealkylation sites (tertiary alicyclic amines) is 1. The summed E-state index contributed by atoms with van der Waals surface area (Å²) in [5, 5.41) is 3.10. The van der Waals surface area contributed by atoms with Gasteiger partial charge in [-0.15, -0.1) is 0 Å². The van der Waals surface area contributed by atoms with Gasteiger partial charge in [-0.05, 0) is 32.2 Å². The van der Waals surface area contributed by atoms with E-state index in [0.717, 1.165) is 25.9 Å². The van der Waals surface area contributed by atoms with Gasteiger partial charge in [0.05, 0.1) is 12.8 Å². The zero-order chi connectivity index (χ0) is 15.0. The maximum absolute atomic E-state index is 11.9. The summed E-state index contributed by atoms with van der Waals surface area (Å²) < 4.78 is 24.2. The van der Waals surface area contributed by atoms with E-state index in [-0.39, 0.29) is 5.91 Å². The van der Waals surface area contributed by atoms with Crippen molar-refractivity contribution in [1.29, 1.82) is 0 Å². The molecule has 6 nitrogen and oxygen atoms in total. The molecule has 0 aromatic heterocycles. The highest BCUT2D eigenvalue weighted by Gasteiger charge is 2.16. The molecule has 7 heteroatoms. The van der Waals surface area contributed by atoms with Crippen LogP contribution in [0, 0.1) is 0 Å². The summed E-state index contributed by atoms with van der Waals surface area (Å²) >= 11 is 0. The van der Waals surface area contributed by atoms with E-state index in [4.69, 9.17) is 0 Å². The molecule has 1 N–H and O–H groups in total. The molecule has 0 atom stereocenters. The number of hydrogen-bond acceptors (Lipinski definition) is 4. The zero-order valence-electron chi connectivity index (χ0n) is 12.6. The lowest BCUT2D eigenvalue weighted by atomic mass is 10.1. The molecule has 0 spiro atoms. The first-order chi connectivity index (χ1) is 9.45. The first kappa shape index (κ1) is 17.4. The number of hydrogen-bond donors (Lipinski definition) is 1. The van der Waals surface area contributed by atoms with Gasteiger partial charge in [-0.3, -0.25) is 4.79 Å². The van der Waals surface area contributed by atoms with E-state index in [1.165, 1.54) is 17.0 Å². The van der Waals surface area contributed by atoms with Gasteiger partial charge in [0.1, 0.15) is 0 Å². The van der Waals surface area contributed by atoms with Crippen LogP contribution in [-0.4, -0.2) is 69.1 Å². The highest BCUT2D eigenvalue weighted by atomic mass is 32.2. The van der Waals surface area contributed by atoms with Crippen LogP contribution in [-0.2, 0) is 14.8 Å². The van der Waals surface area contributed by atoms with Crippen LogP contribution in [0.3, 0.4) is 0 Å². The molecule has 1 fully saturated rings. The van der Waals surface area contributed by atoms with Crippen molar-refractivity contribution in [2.75, 3.05) is 45.5 Å². The number of sulfonamides is 1. The lowest BCUT2D eigenvalue weighted by molar-refractivity contribution is -0.131. The van der Waals surface area contributed by atoms with Gasteiger partial charge in [0.2, 0.25) is 15.9 Å². The predicted molar refractivity (Wildman–Crippen MR) is 80.0 cm³/mol. The standard InChI is InChI=1S/C13H27N3O3S/c1-3-16(20(2,18)19)11-7-8-14-12-13(17)15-9-5-4-6-10-15/h14H,3-12H2,1-2H3. The first-order valence-corrected chi connectivity index (χ1v) is 9.23. The van der Waals surface area contributed by atoms with Crippen molar-refractivity contribution in [3.63, 3.8) is 0 Å². The van der Waals surface area contributed by atoms with Crippen molar-refractivity contribution < 1.29 is 13.2 Å². The van der Waals surface area contributed by atoms with E-state index < -0.39 is 10.0 Å². The van der Waals surface area contributed by atoms with Gasteiger partial charge in [0.15, 0.2) is 0 Å². The second kappa shape index (κ2) is 8.59. The van der Waals surface area contributed by atoms with Crippen LogP contribution in [0.5, 0.6) is 0 Å². The van der Waals surface area contributed by atoms with Crippen molar-refractivity contribution >= 4 is 15.9 Å².